The van der Waals surface area contributed by atoms with Crippen LogP contribution in [0.25, 0.3) is 0 Å². The first-order valence-corrected chi connectivity index (χ1v) is 7.88. The summed E-state index contributed by atoms with van der Waals surface area (Å²) in [7, 11) is 0. The van der Waals surface area contributed by atoms with E-state index in [0.29, 0.717) is 5.92 Å². The molecule has 0 spiro atoms. The van der Waals surface area contributed by atoms with Gasteiger partial charge in [0, 0.05) is 5.92 Å². The number of unbranched alkanes of at least 4 members (excludes halogenated alkanes) is 3. The van der Waals surface area contributed by atoms with Crippen LogP contribution in [-0.2, 0) is 6.42 Å². The van der Waals surface area contributed by atoms with Gasteiger partial charge in [0.25, 0.3) is 0 Å². The molecule has 0 bridgehead atoms. The minimum Gasteiger partial charge on any atom is -0.389 e. The topological polar surface area (TPSA) is 38.9 Å². The molecule has 3 heteroatoms. The Morgan fingerprint density at radius 2 is 2.00 bits per heavy atom. The van der Waals surface area contributed by atoms with E-state index in [4.69, 9.17) is 10.7 Å². The van der Waals surface area contributed by atoms with Gasteiger partial charge in [-0.3, -0.25) is 0 Å². The second-order valence-corrected chi connectivity index (χ2v) is 6.22. The Morgan fingerprint density at radius 3 is 2.71 bits per heavy atom. The van der Waals surface area contributed by atoms with Gasteiger partial charge in [-0.1, -0.05) is 39.0 Å². The molecule has 0 atom stereocenters. The summed E-state index contributed by atoms with van der Waals surface area (Å²) < 4.78 is 0. The molecule has 1 aliphatic rings. The van der Waals surface area contributed by atoms with Crippen molar-refractivity contribution >= 4 is 16.3 Å². The van der Waals surface area contributed by atoms with Gasteiger partial charge in [0.2, 0.25) is 0 Å². The van der Waals surface area contributed by atoms with Crippen molar-refractivity contribution in [2.75, 3.05) is 5.73 Å². The third kappa shape index (κ3) is 3.44. The number of aromatic nitrogens is 1. The molecule has 1 heterocycles. The van der Waals surface area contributed by atoms with Crippen molar-refractivity contribution in [2.45, 2.75) is 70.6 Å². The fraction of sp³-hybridized carbons (Fsp3) is 0.786. The molecule has 2 N–H and O–H groups in total. The van der Waals surface area contributed by atoms with E-state index in [1.807, 2.05) is 0 Å². The fourth-order valence-corrected chi connectivity index (χ4v) is 3.68. The Labute approximate surface area is 109 Å². The van der Waals surface area contributed by atoms with Gasteiger partial charge >= 0.3 is 0 Å². The number of aryl methyl sites for hydroxylation is 1. The summed E-state index contributed by atoms with van der Waals surface area (Å²) in [6, 6.07) is 0. The van der Waals surface area contributed by atoms with E-state index in [1.165, 1.54) is 62.1 Å². The lowest BCUT2D eigenvalue weighted by molar-refractivity contribution is 0.657. The predicted octanol–water partition coefficient (Wildman–Crippen LogP) is 4.51. The predicted molar refractivity (Wildman–Crippen MR) is 75.6 cm³/mol. The van der Waals surface area contributed by atoms with Gasteiger partial charge in [-0.2, -0.15) is 0 Å². The minimum absolute atomic E-state index is 0.715. The van der Waals surface area contributed by atoms with Gasteiger partial charge in [-0.15, -0.1) is 11.3 Å². The number of anilines is 1. The zero-order valence-corrected chi connectivity index (χ0v) is 11.7. The molecule has 0 saturated heterocycles. The Hall–Kier alpha value is -0.570. The summed E-state index contributed by atoms with van der Waals surface area (Å²) in [6.07, 6.45) is 11.6. The highest BCUT2D eigenvalue weighted by atomic mass is 32.1. The highest BCUT2D eigenvalue weighted by Gasteiger charge is 2.21. The minimum atomic E-state index is 0.715. The zero-order valence-electron chi connectivity index (χ0n) is 10.9. The standard InChI is InChI=1S/C14H24N2S/c1-2-3-4-5-10-12-13(15)17-14(16-12)11-8-6-7-9-11/h11H,2-10,15H2,1H3. The average molecular weight is 252 g/mol. The number of nitrogen functional groups attached to an aromatic ring is 1. The van der Waals surface area contributed by atoms with E-state index in [2.05, 4.69) is 6.92 Å². The maximum Gasteiger partial charge on any atom is 0.109 e. The maximum atomic E-state index is 6.08. The van der Waals surface area contributed by atoms with Gasteiger partial charge in [0.05, 0.1) is 10.7 Å². The molecule has 0 amide bonds. The molecule has 1 aromatic rings. The van der Waals surface area contributed by atoms with Crippen molar-refractivity contribution in [1.82, 2.24) is 4.98 Å². The Morgan fingerprint density at radius 1 is 1.24 bits per heavy atom. The lowest BCUT2D eigenvalue weighted by atomic mass is 10.1. The molecule has 96 valence electrons. The second kappa shape index (κ2) is 6.39. The lowest BCUT2D eigenvalue weighted by Gasteiger charge is -2.02. The lowest BCUT2D eigenvalue weighted by Crippen LogP contribution is -1.94. The van der Waals surface area contributed by atoms with Crippen LogP contribution in [-0.4, -0.2) is 4.98 Å². The van der Waals surface area contributed by atoms with E-state index in [1.54, 1.807) is 11.3 Å². The van der Waals surface area contributed by atoms with Gasteiger partial charge in [0.1, 0.15) is 5.00 Å². The average Bonchev–Trinajstić information content (AvgIpc) is 2.94. The fourth-order valence-electron chi connectivity index (χ4n) is 2.63. The molecule has 0 unspecified atom stereocenters. The summed E-state index contributed by atoms with van der Waals surface area (Å²) in [5.41, 5.74) is 7.25. The van der Waals surface area contributed by atoms with Crippen LogP contribution in [0, 0.1) is 0 Å². The monoisotopic (exact) mass is 252 g/mol. The molecule has 0 aliphatic heterocycles. The van der Waals surface area contributed by atoms with Crippen LogP contribution >= 0.6 is 11.3 Å². The van der Waals surface area contributed by atoms with Crippen LogP contribution in [0.4, 0.5) is 5.00 Å². The van der Waals surface area contributed by atoms with Gasteiger partial charge in [0.15, 0.2) is 0 Å². The SMILES string of the molecule is CCCCCCc1nc(C2CCCC2)sc1N. The number of hydrogen-bond acceptors (Lipinski definition) is 3. The van der Waals surface area contributed by atoms with Crippen LogP contribution < -0.4 is 5.73 Å². The van der Waals surface area contributed by atoms with Crippen LogP contribution in [0.3, 0.4) is 0 Å². The number of rotatable bonds is 6. The number of thiazole rings is 1. The molecule has 1 aromatic heterocycles. The summed E-state index contributed by atoms with van der Waals surface area (Å²) in [6.45, 7) is 2.25. The molecule has 0 radical (unpaired) electrons. The molecule has 1 aliphatic carbocycles. The molecule has 17 heavy (non-hydrogen) atoms. The highest BCUT2D eigenvalue weighted by Crippen LogP contribution is 2.38. The number of nitrogens with zero attached hydrogens (tertiary/aromatic N) is 1. The van der Waals surface area contributed by atoms with Crippen LogP contribution in [0.5, 0.6) is 0 Å². The van der Waals surface area contributed by atoms with E-state index in [9.17, 15) is 0 Å². The molecule has 1 saturated carbocycles. The van der Waals surface area contributed by atoms with E-state index in [0.717, 1.165) is 11.4 Å². The summed E-state index contributed by atoms with van der Waals surface area (Å²) in [5.74, 6) is 0.715. The zero-order chi connectivity index (χ0) is 12.1. The molecule has 2 nitrogen and oxygen atoms in total. The Balaban J connectivity index is 1.89. The first kappa shape index (κ1) is 12.9. The molecule has 2 rings (SSSR count). The maximum absolute atomic E-state index is 6.08. The third-order valence-corrected chi connectivity index (χ3v) is 4.80. The Bertz CT molecular complexity index is 340. The van der Waals surface area contributed by atoms with Crippen LogP contribution in [0.2, 0.25) is 0 Å². The van der Waals surface area contributed by atoms with Crippen molar-refractivity contribution in [2.24, 2.45) is 0 Å². The molecular formula is C14H24N2S. The summed E-state index contributed by atoms with van der Waals surface area (Å²) in [4.78, 5) is 4.78. The van der Waals surface area contributed by atoms with Gasteiger partial charge in [-0.05, 0) is 25.7 Å². The first-order valence-electron chi connectivity index (χ1n) is 7.06. The van der Waals surface area contributed by atoms with Crippen molar-refractivity contribution in [3.8, 4) is 0 Å². The van der Waals surface area contributed by atoms with Crippen LogP contribution in [0.15, 0.2) is 0 Å². The molecule has 0 aromatic carbocycles. The van der Waals surface area contributed by atoms with Crippen LogP contribution in [0.1, 0.15) is 74.9 Å². The largest absolute Gasteiger partial charge is 0.389 e. The normalized spacial score (nSPS) is 16.8. The van der Waals surface area contributed by atoms with E-state index < -0.39 is 0 Å². The summed E-state index contributed by atoms with van der Waals surface area (Å²) in [5, 5.41) is 2.29. The van der Waals surface area contributed by atoms with Gasteiger partial charge < -0.3 is 5.73 Å². The smallest absolute Gasteiger partial charge is 0.109 e. The van der Waals surface area contributed by atoms with E-state index in [-0.39, 0.29) is 0 Å². The Kier molecular flexibility index (Phi) is 4.84. The van der Waals surface area contributed by atoms with Crippen molar-refractivity contribution in [1.29, 1.82) is 0 Å². The second-order valence-electron chi connectivity index (χ2n) is 5.16. The third-order valence-electron chi connectivity index (χ3n) is 3.72. The molecular weight excluding hydrogens is 228 g/mol. The van der Waals surface area contributed by atoms with Crippen molar-refractivity contribution in [3.63, 3.8) is 0 Å². The van der Waals surface area contributed by atoms with Gasteiger partial charge in [-0.25, -0.2) is 4.98 Å². The summed E-state index contributed by atoms with van der Waals surface area (Å²) >= 11 is 1.74. The highest BCUT2D eigenvalue weighted by molar-refractivity contribution is 7.15. The first-order chi connectivity index (χ1) is 8.31. The van der Waals surface area contributed by atoms with E-state index >= 15 is 0 Å². The van der Waals surface area contributed by atoms with Crippen molar-refractivity contribution in [3.05, 3.63) is 10.7 Å². The quantitative estimate of drug-likeness (QED) is 0.757. The molecule has 1 fully saturated rings. The van der Waals surface area contributed by atoms with Crippen molar-refractivity contribution < 1.29 is 0 Å². The number of nitrogens with two attached hydrogens (primary N) is 1. The number of hydrogen-bond donors (Lipinski definition) is 1.